The van der Waals surface area contributed by atoms with Crippen molar-refractivity contribution in [2.24, 2.45) is 5.73 Å². The van der Waals surface area contributed by atoms with E-state index < -0.39 is 9.84 Å². The molecule has 98 valence electrons. The summed E-state index contributed by atoms with van der Waals surface area (Å²) in [6.07, 6.45) is 0. The van der Waals surface area contributed by atoms with Crippen LogP contribution >= 0.6 is 11.8 Å². The number of fused-ring (bicyclic) bond motifs is 1. The Balaban J connectivity index is 2.45. The third-order valence-corrected chi connectivity index (χ3v) is 5.61. The first-order valence-corrected chi connectivity index (χ1v) is 8.45. The van der Waals surface area contributed by atoms with Crippen molar-refractivity contribution in [2.45, 2.75) is 30.5 Å². The maximum absolute atomic E-state index is 12.1. The molecule has 1 aromatic carbocycles. The van der Waals surface area contributed by atoms with Crippen molar-refractivity contribution >= 4 is 27.2 Å². The molecule has 0 aliphatic carbocycles. The second-order valence-corrected chi connectivity index (χ2v) is 7.84. The SMILES string of the molecule is CC(C)SCC1=CS(=O)(=O)c2c(CN)cccc21. The highest BCUT2D eigenvalue weighted by atomic mass is 32.2. The Morgan fingerprint density at radius 1 is 1.33 bits per heavy atom. The van der Waals surface area contributed by atoms with E-state index in [1.165, 1.54) is 5.41 Å². The number of hydrogen-bond acceptors (Lipinski definition) is 4. The number of rotatable bonds is 4. The van der Waals surface area contributed by atoms with E-state index in [4.69, 9.17) is 5.73 Å². The molecule has 1 aliphatic rings. The molecule has 0 bridgehead atoms. The normalized spacial score (nSPS) is 16.8. The van der Waals surface area contributed by atoms with Crippen molar-refractivity contribution in [1.29, 1.82) is 0 Å². The van der Waals surface area contributed by atoms with Crippen LogP contribution in [0.2, 0.25) is 0 Å². The number of thioether (sulfide) groups is 1. The predicted octanol–water partition coefficient (Wildman–Crippen LogP) is 2.42. The zero-order valence-electron chi connectivity index (χ0n) is 10.5. The molecular weight excluding hydrogens is 266 g/mol. The lowest BCUT2D eigenvalue weighted by molar-refractivity contribution is 0.604. The first-order chi connectivity index (χ1) is 8.45. The molecule has 18 heavy (non-hydrogen) atoms. The monoisotopic (exact) mass is 283 g/mol. The quantitative estimate of drug-likeness (QED) is 0.922. The van der Waals surface area contributed by atoms with Gasteiger partial charge in [-0.05, 0) is 21.9 Å². The van der Waals surface area contributed by atoms with E-state index in [0.29, 0.717) is 15.7 Å². The van der Waals surface area contributed by atoms with Crippen molar-refractivity contribution in [3.8, 4) is 0 Å². The lowest BCUT2D eigenvalue weighted by atomic mass is 10.1. The van der Waals surface area contributed by atoms with Gasteiger partial charge in [0.15, 0.2) is 0 Å². The summed E-state index contributed by atoms with van der Waals surface area (Å²) in [5.74, 6) is 0.720. The predicted molar refractivity (Wildman–Crippen MR) is 77.1 cm³/mol. The van der Waals surface area contributed by atoms with Gasteiger partial charge in [0.05, 0.1) is 4.90 Å². The number of sulfone groups is 1. The van der Waals surface area contributed by atoms with Crippen LogP contribution in [0.3, 0.4) is 0 Å². The minimum atomic E-state index is -3.30. The Morgan fingerprint density at radius 3 is 2.67 bits per heavy atom. The summed E-state index contributed by atoms with van der Waals surface area (Å²) in [5.41, 5.74) is 8.03. The van der Waals surface area contributed by atoms with Gasteiger partial charge >= 0.3 is 0 Å². The van der Waals surface area contributed by atoms with Crippen LogP contribution in [0.4, 0.5) is 0 Å². The minimum absolute atomic E-state index is 0.251. The molecule has 2 rings (SSSR count). The van der Waals surface area contributed by atoms with Gasteiger partial charge < -0.3 is 5.73 Å². The maximum Gasteiger partial charge on any atom is 0.201 e. The summed E-state index contributed by atoms with van der Waals surface area (Å²) >= 11 is 1.74. The maximum atomic E-state index is 12.1. The first-order valence-electron chi connectivity index (χ1n) is 5.85. The van der Waals surface area contributed by atoms with Crippen LogP contribution < -0.4 is 5.73 Å². The van der Waals surface area contributed by atoms with Crippen molar-refractivity contribution in [2.75, 3.05) is 5.75 Å². The first kappa shape index (κ1) is 13.6. The van der Waals surface area contributed by atoms with Gasteiger partial charge in [0.25, 0.3) is 0 Å². The van der Waals surface area contributed by atoms with E-state index in [-0.39, 0.29) is 6.54 Å². The Morgan fingerprint density at radius 2 is 2.06 bits per heavy atom. The average Bonchev–Trinajstić information content (AvgIpc) is 2.59. The van der Waals surface area contributed by atoms with Gasteiger partial charge in [0.1, 0.15) is 0 Å². The van der Waals surface area contributed by atoms with Crippen molar-refractivity contribution < 1.29 is 8.42 Å². The van der Waals surface area contributed by atoms with Crippen LogP contribution in [0.25, 0.3) is 5.57 Å². The molecule has 0 spiro atoms. The van der Waals surface area contributed by atoms with Gasteiger partial charge in [-0.3, -0.25) is 0 Å². The molecule has 0 unspecified atom stereocenters. The third kappa shape index (κ3) is 2.48. The molecule has 0 saturated heterocycles. The number of hydrogen-bond donors (Lipinski definition) is 1. The second kappa shape index (κ2) is 5.07. The highest BCUT2D eigenvalue weighted by Crippen LogP contribution is 2.37. The fourth-order valence-electron chi connectivity index (χ4n) is 2.01. The van der Waals surface area contributed by atoms with Crippen LogP contribution in [0.1, 0.15) is 25.0 Å². The van der Waals surface area contributed by atoms with Crippen molar-refractivity contribution in [1.82, 2.24) is 0 Å². The number of benzene rings is 1. The molecule has 0 saturated carbocycles. The lowest BCUT2D eigenvalue weighted by Crippen LogP contribution is -2.05. The van der Waals surface area contributed by atoms with Gasteiger partial charge in [-0.1, -0.05) is 32.0 Å². The summed E-state index contributed by atoms with van der Waals surface area (Å²) in [7, 11) is -3.30. The van der Waals surface area contributed by atoms with Gasteiger partial charge in [-0.15, -0.1) is 0 Å². The Labute approximate surface area is 112 Å². The van der Waals surface area contributed by atoms with Crippen LogP contribution in [0.5, 0.6) is 0 Å². The molecule has 3 nitrogen and oxygen atoms in total. The summed E-state index contributed by atoms with van der Waals surface area (Å²) in [6, 6.07) is 5.52. The van der Waals surface area contributed by atoms with Gasteiger partial charge in [-0.2, -0.15) is 11.8 Å². The van der Waals surface area contributed by atoms with Crippen LogP contribution in [0.15, 0.2) is 28.5 Å². The highest BCUT2D eigenvalue weighted by molar-refractivity contribution is 8.00. The molecule has 0 radical (unpaired) electrons. The standard InChI is InChI=1S/C13H17NO2S2/c1-9(2)17-7-11-8-18(15,16)13-10(6-14)4-3-5-12(11)13/h3-5,8-9H,6-7,14H2,1-2H3. The summed E-state index contributed by atoms with van der Waals surface area (Å²) in [6.45, 7) is 4.46. The molecule has 2 N–H and O–H groups in total. The largest absolute Gasteiger partial charge is 0.326 e. The highest BCUT2D eigenvalue weighted by Gasteiger charge is 2.29. The molecule has 0 fully saturated rings. The smallest absolute Gasteiger partial charge is 0.201 e. The van der Waals surface area contributed by atoms with Crippen molar-refractivity contribution in [3.05, 3.63) is 34.7 Å². The fourth-order valence-corrected chi connectivity index (χ4v) is 4.59. The van der Waals surface area contributed by atoms with E-state index >= 15 is 0 Å². The third-order valence-electron chi connectivity index (χ3n) is 2.82. The Kier molecular flexibility index (Phi) is 3.84. The van der Waals surface area contributed by atoms with E-state index in [2.05, 4.69) is 13.8 Å². The van der Waals surface area contributed by atoms with Crippen LogP contribution in [0, 0.1) is 0 Å². The topological polar surface area (TPSA) is 60.2 Å². The molecule has 1 heterocycles. The lowest BCUT2D eigenvalue weighted by Gasteiger charge is -2.09. The molecule has 0 amide bonds. The molecule has 0 aromatic heterocycles. The zero-order chi connectivity index (χ0) is 13.3. The van der Waals surface area contributed by atoms with E-state index in [1.54, 1.807) is 17.8 Å². The van der Waals surface area contributed by atoms with Gasteiger partial charge in [0.2, 0.25) is 9.84 Å². The van der Waals surface area contributed by atoms with Crippen molar-refractivity contribution in [3.63, 3.8) is 0 Å². The van der Waals surface area contributed by atoms with Gasteiger partial charge in [-0.25, -0.2) is 8.42 Å². The Bertz CT molecular complexity index is 589. The molecular formula is C13H17NO2S2. The average molecular weight is 283 g/mol. The molecule has 0 atom stereocenters. The van der Waals surface area contributed by atoms with Gasteiger partial charge in [0, 0.05) is 17.7 Å². The second-order valence-electron chi connectivity index (χ2n) is 4.55. The van der Waals surface area contributed by atoms with Crippen LogP contribution in [-0.4, -0.2) is 19.4 Å². The molecule has 1 aliphatic heterocycles. The Hall–Kier alpha value is -0.780. The van der Waals surface area contributed by atoms with E-state index in [9.17, 15) is 8.42 Å². The zero-order valence-corrected chi connectivity index (χ0v) is 12.1. The molecule has 1 aromatic rings. The summed E-state index contributed by atoms with van der Waals surface area (Å²) in [5, 5.41) is 1.88. The fraction of sp³-hybridized carbons (Fsp3) is 0.385. The minimum Gasteiger partial charge on any atom is -0.326 e. The summed E-state index contributed by atoms with van der Waals surface area (Å²) < 4.78 is 24.3. The number of nitrogens with two attached hydrogens (primary N) is 1. The van der Waals surface area contributed by atoms with E-state index in [1.807, 2.05) is 12.1 Å². The molecule has 5 heteroatoms. The van der Waals surface area contributed by atoms with E-state index in [0.717, 1.165) is 16.9 Å². The summed E-state index contributed by atoms with van der Waals surface area (Å²) in [4.78, 5) is 0.409. The van der Waals surface area contributed by atoms with Crippen LogP contribution in [-0.2, 0) is 16.4 Å².